The first-order valence-corrected chi connectivity index (χ1v) is 6.41. The maximum absolute atomic E-state index is 11.8. The van der Waals surface area contributed by atoms with E-state index >= 15 is 0 Å². The quantitative estimate of drug-likeness (QED) is 0.858. The second-order valence-corrected chi connectivity index (χ2v) is 4.52. The highest BCUT2D eigenvalue weighted by Gasteiger charge is 2.12. The minimum absolute atomic E-state index is 0.146. The van der Waals surface area contributed by atoms with Gasteiger partial charge in [0.05, 0.1) is 0 Å². The van der Waals surface area contributed by atoms with Gasteiger partial charge in [0, 0.05) is 44.8 Å². The molecule has 0 spiro atoms. The van der Waals surface area contributed by atoms with Gasteiger partial charge in [0.15, 0.2) is 5.69 Å². The van der Waals surface area contributed by atoms with Crippen molar-refractivity contribution >= 4 is 5.91 Å². The van der Waals surface area contributed by atoms with E-state index in [1.165, 1.54) is 9.58 Å². The van der Waals surface area contributed by atoms with Crippen LogP contribution in [0.15, 0.2) is 24.7 Å². The summed E-state index contributed by atoms with van der Waals surface area (Å²) >= 11 is 0. The van der Waals surface area contributed by atoms with E-state index < -0.39 is 0 Å². The average Bonchev–Trinajstić information content (AvgIpc) is 2.94. The van der Waals surface area contributed by atoms with Crippen LogP contribution in [0.5, 0.6) is 0 Å². The molecule has 0 radical (unpaired) electrons. The molecule has 0 aliphatic rings. The number of nitrogens with one attached hydrogen (secondary N) is 1. The van der Waals surface area contributed by atoms with Crippen molar-refractivity contribution in [2.24, 2.45) is 0 Å². The van der Waals surface area contributed by atoms with E-state index in [2.05, 4.69) is 20.4 Å². The predicted molar refractivity (Wildman–Crippen MR) is 74.6 cm³/mol. The third-order valence-electron chi connectivity index (χ3n) is 2.69. The summed E-state index contributed by atoms with van der Waals surface area (Å²) in [6.07, 6.45) is 5.18. The minimum Gasteiger partial charge on any atom is -0.343 e. The fourth-order valence-corrected chi connectivity index (χ4v) is 1.61. The molecule has 1 N–H and O–H groups in total. The Balaban J connectivity index is 2.14. The summed E-state index contributed by atoms with van der Waals surface area (Å²) in [4.78, 5) is 21.7. The highest BCUT2D eigenvalue weighted by atomic mass is 16.2. The number of hydrogen-bond acceptors (Lipinski definition) is 5. The number of rotatable bonds is 5. The average molecular weight is 274 g/mol. The largest absolute Gasteiger partial charge is 0.343 e. The summed E-state index contributed by atoms with van der Waals surface area (Å²) in [5, 5.41) is 7.38. The maximum Gasteiger partial charge on any atom is 0.273 e. The molecule has 0 saturated heterocycles. The van der Waals surface area contributed by atoms with Crippen LogP contribution in [0.4, 0.5) is 0 Å². The Kier molecular flexibility index (Phi) is 4.41. The molecule has 0 saturated carbocycles. The number of carbonyl (C=O) groups excluding carboxylic acids is 1. The Morgan fingerprint density at radius 2 is 2.05 bits per heavy atom. The molecule has 1 amide bonds. The van der Waals surface area contributed by atoms with Crippen LogP contribution < -0.4 is 5.32 Å². The Morgan fingerprint density at radius 1 is 1.35 bits per heavy atom. The van der Waals surface area contributed by atoms with Gasteiger partial charge in [-0.15, -0.1) is 0 Å². The minimum atomic E-state index is -0.146. The molecule has 0 aromatic carbocycles. The SMILES string of the molecule is CCNCc1cnc(-n2ccc(C(=O)N(C)C)n2)nc1. The normalized spacial score (nSPS) is 10.6. The lowest BCUT2D eigenvalue weighted by Gasteiger charge is -2.06. The summed E-state index contributed by atoms with van der Waals surface area (Å²) in [6, 6.07) is 1.65. The van der Waals surface area contributed by atoms with E-state index in [0.29, 0.717) is 11.6 Å². The Hall–Kier alpha value is -2.28. The second kappa shape index (κ2) is 6.25. The van der Waals surface area contributed by atoms with Crippen LogP contribution >= 0.6 is 0 Å². The van der Waals surface area contributed by atoms with E-state index in [1.807, 2.05) is 6.92 Å². The summed E-state index contributed by atoms with van der Waals surface area (Å²) in [5.41, 5.74) is 1.38. The van der Waals surface area contributed by atoms with Crippen LogP contribution in [-0.4, -0.2) is 51.2 Å². The van der Waals surface area contributed by atoms with Crippen molar-refractivity contribution in [2.75, 3.05) is 20.6 Å². The fraction of sp³-hybridized carbons (Fsp3) is 0.385. The van der Waals surface area contributed by atoms with Crippen molar-refractivity contribution < 1.29 is 4.79 Å². The van der Waals surface area contributed by atoms with Crippen LogP contribution in [0.3, 0.4) is 0 Å². The van der Waals surface area contributed by atoms with Crippen molar-refractivity contribution in [3.05, 3.63) is 35.9 Å². The Labute approximate surface area is 117 Å². The van der Waals surface area contributed by atoms with Crippen LogP contribution in [0.1, 0.15) is 23.0 Å². The van der Waals surface area contributed by atoms with Gasteiger partial charge in [-0.05, 0) is 12.6 Å². The first-order valence-electron chi connectivity index (χ1n) is 6.41. The third kappa shape index (κ3) is 3.18. The van der Waals surface area contributed by atoms with Gasteiger partial charge in [-0.25, -0.2) is 14.6 Å². The highest BCUT2D eigenvalue weighted by molar-refractivity contribution is 5.91. The maximum atomic E-state index is 11.8. The molecule has 0 bridgehead atoms. The summed E-state index contributed by atoms with van der Waals surface area (Å²) in [6.45, 7) is 3.68. The van der Waals surface area contributed by atoms with Gasteiger partial charge >= 0.3 is 0 Å². The summed E-state index contributed by atoms with van der Waals surface area (Å²) < 4.78 is 1.49. The van der Waals surface area contributed by atoms with E-state index in [1.54, 1.807) is 38.8 Å². The zero-order chi connectivity index (χ0) is 14.5. The standard InChI is InChI=1S/C13H18N6O/c1-4-14-7-10-8-15-13(16-9-10)19-6-5-11(17-19)12(20)18(2)3/h5-6,8-9,14H,4,7H2,1-3H3. The van der Waals surface area contributed by atoms with Gasteiger partial charge in [-0.3, -0.25) is 4.79 Å². The monoisotopic (exact) mass is 274 g/mol. The van der Waals surface area contributed by atoms with Gasteiger partial charge in [0.2, 0.25) is 5.95 Å². The van der Waals surface area contributed by atoms with Gasteiger partial charge in [0.25, 0.3) is 5.91 Å². The van der Waals surface area contributed by atoms with Gasteiger partial charge in [-0.2, -0.15) is 5.10 Å². The lowest BCUT2D eigenvalue weighted by Crippen LogP contribution is -2.22. The van der Waals surface area contributed by atoms with Gasteiger partial charge in [0.1, 0.15) is 0 Å². The first kappa shape index (κ1) is 14.1. The van der Waals surface area contributed by atoms with Crippen molar-refractivity contribution in [1.82, 2.24) is 30.0 Å². The van der Waals surface area contributed by atoms with Crippen molar-refractivity contribution in [3.8, 4) is 5.95 Å². The number of carbonyl (C=O) groups is 1. The second-order valence-electron chi connectivity index (χ2n) is 4.52. The molecule has 7 heteroatoms. The molecular formula is C13H18N6O. The van der Waals surface area contributed by atoms with Crippen molar-refractivity contribution in [2.45, 2.75) is 13.5 Å². The molecule has 2 heterocycles. The smallest absolute Gasteiger partial charge is 0.273 e. The molecule has 0 aliphatic carbocycles. The van der Waals surface area contributed by atoms with Gasteiger partial charge in [-0.1, -0.05) is 6.92 Å². The zero-order valence-electron chi connectivity index (χ0n) is 11.9. The van der Waals surface area contributed by atoms with Crippen molar-refractivity contribution in [1.29, 1.82) is 0 Å². The van der Waals surface area contributed by atoms with Crippen molar-refractivity contribution in [3.63, 3.8) is 0 Å². The Morgan fingerprint density at radius 3 is 2.65 bits per heavy atom. The number of hydrogen-bond donors (Lipinski definition) is 1. The molecule has 106 valence electrons. The van der Waals surface area contributed by atoms with E-state index in [9.17, 15) is 4.79 Å². The van der Waals surface area contributed by atoms with Crippen LogP contribution in [0, 0.1) is 0 Å². The number of amides is 1. The zero-order valence-corrected chi connectivity index (χ0v) is 11.9. The van der Waals surface area contributed by atoms with Crippen LogP contribution in [0.2, 0.25) is 0 Å². The predicted octanol–water partition coefficient (Wildman–Crippen LogP) is 0.474. The summed E-state index contributed by atoms with van der Waals surface area (Å²) in [7, 11) is 3.38. The van der Waals surface area contributed by atoms with Crippen LogP contribution in [-0.2, 0) is 6.54 Å². The molecule has 7 nitrogen and oxygen atoms in total. The topological polar surface area (TPSA) is 75.9 Å². The molecule has 0 unspecified atom stereocenters. The molecule has 0 atom stereocenters. The highest BCUT2D eigenvalue weighted by Crippen LogP contribution is 2.04. The summed E-state index contributed by atoms with van der Waals surface area (Å²) in [5.74, 6) is 0.301. The molecule has 2 aromatic heterocycles. The molecule has 2 rings (SSSR count). The van der Waals surface area contributed by atoms with Crippen LogP contribution in [0.25, 0.3) is 5.95 Å². The molecular weight excluding hydrogens is 256 g/mol. The number of nitrogens with zero attached hydrogens (tertiary/aromatic N) is 5. The molecule has 0 fully saturated rings. The lowest BCUT2D eigenvalue weighted by atomic mass is 10.3. The molecule has 2 aromatic rings. The Bertz CT molecular complexity index is 575. The third-order valence-corrected chi connectivity index (χ3v) is 2.69. The number of aromatic nitrogens is 4. The molecule has 20 heavy (non-hydrogen) atoms. The lowest BCUT2D eigenvalue weighted by molar-refractivity contribution is 0.0821. The molecule has 0 aliphatic heterocycles. The van der Waals surface area contributed by atoms with E-state index in [-0.39, 0.29) is 5.91 Å². The van der Waals surface area contributed by atoms with E-state index in [0.717, 1.165) is 18.7 Å². The van der Waals surface area contributed by atoms with Gasteiger partial charge < -0.3 is 10.2 Å². The van der Waals surface area contributed by atoms with E-state index in [4.69, 9.17) is 0 Å². The fourth-order valence-electron chi connectivity index (χ4n) is 1.61. The first-order chi connectivity index (χ1) is 9.61.